The van der Waals surface area contributed by atoms with Gasteiger partial charge in [0.2, 0.25) is 11.8 Å². The molecule has 1 aliphatic carbocycles. The number of carbonyl (C=O) groups is 2. The van der Waals surface area contributed by atoms with Crippen LogP contribution in [0.15, 0.2) is 82.2 Å². The van der Waals surface area contributed by atoms with E-state index < -0.39 is 28.5 Å². The Balaban J connectivity index is 1.69. The van der Waals surface area contributed by atoms with Crippen LogP contribution >= 0.6 is 39.1 Å². The SMILES string of the molecule is CC(C(=O)NC1CCCCC1)N(Cc1ccc(Cl)cc1Cl)C(=O)CN(c1cccc(Br)c1)S(=O)(=O)c1ccccc1. The number of rotatable bonds is 10. The second-order valence-electron chi connectivity index (χ2n) is 10.1. The van der Waals surface area contributed by atoms with Crippen molar-refractivity contribution in [1.82, 2.24) is 10.2 Å². The largest absolute Gasteiger partial charge is 0.352 e. The van der Waals surface area contributed by atoms with Crippen molar-refractivity contribution in [2.75, 3.05) is 10.8 Å². The highest BCUT2D eigenvalue weighted by atomic mass is 79.9. The summed E-state index contributed by atoms with van der Waals surface area (Å²) in [5, 5.41) is 3.87. The first-order valence-electron chi connectivity index (χ1n) is 13.4. The summed E-state index contributed by atoms with van der Waals surface area (Å²) < 4.78 is 29.4. The summed E-state index contributed by atoms with van der Waals surface area (Å²) in [6.45, 7) is 1.11. The average Bonchev–Trinajstić information content (AvgIpc) is 2.96. The number of anilines is 1. The van der Waals surface area contributed by atoms with Gasteiger partial charge in [0.05, 0.1) is 10.6 Å². The molecule has 4 rings (SSSR count). The molecule has 0 bridgehead atoms. The van der Waals surface area contributed by atoms with Crippen molar-refractivity contribution in [3.8, 4) is 0 Å². The Labute approximate surface area is 260 Å². The molecular formula is C30H32BrCl2N3O4S. The minimum atomic E-state index is -4.13. The van der Waals surface area contributed by atoms with Gasteiger partial charge in [-0.05, 0) is 67.8 Å². The van der Waals surface area contributed by atoms with Crippen molar-refractivity contribution in [1.29, 1.82) is 0 Å². The molecule has 0 spiro atoms. The average molecular weight is 681 g/mol. The number of nitrogens with zero attached hydrogens (tertiary/aromatic N) is 2. The second-order valence-corrected chi connectivity index (χ2v) is 13.7. The van der Waals surface area contributed by atoms with Crippen LogP contribution in [0, 0.1) is 0 Å². The third-order valence-corrected chi connectivity index (χ3v) is 10.0. The standard InChI is InChI=1S/C30H32BrCl2N3O4S/c1-21(30(38)34-25-10-4-2-5-11-25)35(19-22-15-16-24(32)18-28(22)33)29(37)20-36(26-12-8-9-23(31)17-26)41(39,40)27-13-6-3-7-14-27/h3,6-9,12-18,21,25H,2,4-5,10-11,19-20H2,1H3,(H,34,38). The van der Waals surface area contributed by atoms with Gasteiger partial charge in [0.1, 0.15) is 12.6 Å². The van der Waals surface area contributed by atoms with E-state index in [4.69, 9.17) is 23.2 Å². The van der Waals surface area contributed by atoms with Gasteiger partial charge < -0.3 is 10.2 Å². The first kappa shape index (κ1) is 31.3. The number of carbonyl (C=O) groups excluding carboxylic acids is 2. The molecule has 0 saturated heterocycles. The molecular weight excluding hydrogens is 649 g/mol. The summed E-state index contributed by atoms with van der Waals surface area (Å²) in [5.41, 5.74) is 0.891. The highest BCUT2D eigenvalue weighted by Gasteiger charge is 2.33. The molecule has 1 atom stereocenters. The van der Waals surface area contributed by atoms with Crippen LogP contribution in [-0.4, -0.2) is 43.8 Å². The van der Waals surface area contributed by atoms with Crippen molar-refractivity contribution in [2.24, 2.45) is 0 Å². The highest BCUT2D eigenvalue weighted by Crippen LogP contribution is 2.28. The van der Waals surface area contributed by atoms with E-state index in [0.717, 1.165) is 36.4 Å². The zero-order valence-electron chi connectivity index (χ0n) is 22.6. The number of amides is 2. The molecule has 0 heterocycles. The van der Waals surface area contributed by atoms with E-state index in [1.807, 2.05) is 0 Å². The van der Waals surface area contributed by atoms with Gasteiger partial charge in [0, 0.05) is 27.1 Å². The molecule has 0 aliphatic heterocycles. The molecule has 218 valence electrons. The summed E-state index contributed by atoms with van der Waals surface area (Å²) in [6.07, 6.45) is 5.01. The molecule has 3 aromatic carbocycles. The van der Waals surface area contributed by atoms with Gasteiger partial charge in [0.15, 0.2) is 0 Å². The number of sulfonamides is 1. The van der Waals surface area contributed by atoms with Crippen LogP contribution in [0.1, 0.15) is 44.6 Å². The predicted molar refractivity (Wildman–Crippen MR) is 167 cm³/mol. The van der Waals surface area contributed by atoms with Crippen LogP contribution in [0.5, 0.6) is 0 Å². The Morgan fingerprint density at radius 1 is 0.976 bits per heavy atom. The lowest BCUT2D eigenvalue weighted by Gasteiger charge is -2.33. The summed E-state index contributed by atoms with van der Waals surface area (Å²) in [6, 6.07) is 18.7. The monoisotopic (exact) mass is 679 g/mol. The number of hydrogen-bond acceptors (Lipinski definition) is 4. The van der Waals surface area contributed by atoms with Gasteiger partial charge in [0.25, 0.3) is 10.0 Å². The van der Waals surface area contributed by atoms with Crippen molar-refractivity contribution >= 4 is 66.7 Å². The van der Waals surface area contributed by atoms with Crippen LogP contribution in [0.3, 0.4) is 0 Å². The Bertz CT molecular complexity index is 1480. The Morgan fingerprint density at radius 3 is 2.34 bits per heavy atom. The third kappa shape index (κ3) is 8.03. The van der Waals surface area contributed by atoms with E-state index >= 15 is 0 Å². The first-order valence-corrected chi connectivity index (χ1v) is 16.4. The number of halogens is 3. The van der Waals surface area contributed by atoms with Crippen LogP contribution < -0.4 is 9.62 Å². The van der Waals surface area contributed by atoms with Gasteiger partial charge in [-0.15, -0.1) is 0 Å². The minimum Gasteiger partial charge on any atom is -0.352 e. The molecule has 1 aliphatic rings. The maximum absolute atomic E-state index is 14.1. The molecule has 41 heavy (non-hydrogen) atoms. The topological polar surface area (TPSA) is 86.8 Å². The minimum absolute atomic E-state index is 0.00814. The summed E-state index contributed by atoms with van der Waals surface area (Å²) >= 11 is 15.9. The molecule has 11 heteroatoms. The van der Waals surface area contributed by atoms with Gasteiger partial charge in [-0.1, -0.05) is 88.7 Å². The van der Waals surface area contributed by atoms with E-state index in [9.17, 15) is 18.0 Å². The van der Waals surface area contributed by atoms with Gasteiger partial charge in [-0.25, -0.2) is 8.42 Å². The normalized spacial score (nSPS) is 14.7. The van der Waals surface area contributed by atoms with Gasteiger partial charge in [-0.2, -0.15) is 0 Å². The second kappa shape index (κ2) is 14.1. The van der Waals surface area contributed by atoms with Gasteiger partial charge in [-0.3, -0.25) is 13.9 Å². The summed E-state index contributed by atoms with van der Waals surface area (Å²) in [4.78, 5) is 28.9. The predicted octanol–water partition coefficient (Wildman–Crippen LogP) is 6.82. The van der Waals surface area contributed by atoms with E-state index in [2.05, 4.69) is 21.2 Å². The Kier molecular flexibility index (Phi) is 10.7. The van der Waals surface area contributed by atoms with Crippen LogP contribution in [0.4, 0.5) is 5.69 Å². The van der Waals surface area contributed by atoms with E-state index in [-0.39, 0.29) is 23.4 Å². The summed E-state index contributed by atoms with van der Waals surface area (Å²) in [7, 11) is -4.13. The molecule has 7 nitrogen and oxygen atoms in total. The molecule has 0 radical (unpaired) electrons. The van der Waals surface area contributed by atoms with Gasteiger partial charge >= 0.3 is 0 Å². The lowest BCUT2D eigenvalue weighted by Crippen LogP contribution is -2.53. The van der Waals surface area contributed by atoms with Crippen LogP contribution in [-0.2, 0) is 26.2 Å². The van der Waals surface area contributed by atoms with Crippen molar-refractivity contribution in [3.05, 3.63) is 92.9 Å². The fourth-order valence-electron chi connectivity index (χ4n) is 4.86. The smallest absolute Gasteiger partial charge is 0.264 e. The van der Waals surface area contributed by atoms with Crippen LogP contribution in [0.25, 0.3) is 0 Å². The number of nitrogens with one attached hydrogen (secondary N) is 1. The zero-order chi connectivity index (χ0) is 29.6. The fourth-order valence-corrected chi connectivity index (χ4v) is 7.15. The quantitative estimate of drug-likeness (QED) is 0.255. The molecule has 1 unspecified atom stereocenters. The molecule has 1 fully saturated rings. The maximum Gasteiger partial charge on any atom is 0.264 e. The number of benzene rings is 3. The maximum atomic E-state index is 14.1. The van der Waals surface area contributed by atoms with E-state index in [1.54, 1.807) is 67.6 Å². The van der Waals surface area contributed by atoms with Crippen LogP contribution in [0.2, 0.25) is 10.0 Å². The van der Waals surface area contributed by atoms with Crippen molar-refractivity contribution < 1.29 is 18.0 Å². The van der Waals surface area contributed by atoms with Crippen molar-refractivity contribution in [2.45, 2.75) is 62.6 Å². The first-order chi connectivity index (χ1) is 19.6. The molecule has 1 N–H and O–H groups in total. The third-order valence-electron chi connectivity index (χ3n) is 7.18. The Morgan fingerprint density at radius 2 is 1.68 bits per heavy atom. The fraction of sp³-hybridized carbons (Fsp3) is 0.333. The summed E-state index contributed by atoms with van der Waals surface area (Å²) in [5.74, 6) is -0.850. The molecule has 2 amide bonds. The highest BCUT2D eigenvalue weighted by molar-refractivity contribution is 9.10. The van der Waals surface area contributed by atoms with E-state index in [0.29, 0.717) is 25.8 Å². The number of hydrogen-bond donors (Lipinski definition) is 1. The molecule has 1 saturated carbocycles. The molecule has 3 aromatic rings. The Hall–Kier alpha value is -2.59. The van der Waals surface area contributed by atoms with E-state index in [1.165, 1.54) is 17.0 Å². The lowest BCUT2D eigenvalue weighted by atomic mass is 9.95. The zero-order valence-corrected chi connectivity index (χ0v) is 26.5. The lowest BCUT2D eigenvalue weighted by molar-refractivity contribution is -0.139. The van der Waals surface area contributed by atoms with Crippen molar-refractivity contribution in [3.63, 3.8) is 0 Å². The molecule has 0 aromatic heterocycles.